The van der Waals surface area contributed by atoms with Gasteiger partial charge in [0.05, 0.1) is 6.61 Å². The summed E-state index contributed by atoms with van der Waals surface area (Å²) in [6.07, 6.45) is 5.18. The summed E-state index contributed by atoms with van der Waals surface area (Å²) in [6, 6.07) is 0. The van der Waals surface area contributed by atoms with Crippen molar-refractivity contribution in [3.8, 4) is 0 Å². The predicted octanol–water partition coefficient (Wildman–Crippen LogP) is 2.99. The van der Waals surface area contributed by atoms with E-state index in [2.05, 4.69) is 26.1 Å². The maximum atomic E-state index is 11.7. The first-order chi connectivity index (χ1) is 8.59. The van der Waals surface area contributed by atoms with Gasteiger partial charge in [-0.3, -0.25) is 4.79 Å². The molecule has 0 aromatic heterocycles. The number of hydrogen-bond acceptors (Lipinski definition) is 3. The summed E-state index contributed by atoms with van der Waals surface area (Å²) in [5.74, 6) is 1.75. The van der Waals surface area contributed by atoms with Gasteiger partial charge >= 0.3 is 5.97 Å². The van der Waals surface area contributed by atoms with Gasteiger partial charge in [0, 0.05) is 6.42 Å². The molecule has 0 saturated carbocycles. The second kappa shape index (κ2) is 8.52. The Hall–Kier alpha value is -0.570. The Kier molecular flexibility index (Phi) is 7.33. The van der Waals surface area contributed by atoms with Crippen molar-refractivity contribution in [1.29, 1.82) is 0 Å². The number of carbonyl (C=O) groups excluding carboxylic acids is 1. The Morgan fingerprint density at radius 2 is 2.17 bits per heavy atom. The van der Waals surface area contributed by atoms with Gasteiger partial charge in [-0.1, -0.05) is 20.8 Å². The lowest BCUT2D eigenvalue weighted by molar-refractivity contribution is -0.145. The van der Waals surface area contributed by atoms with E-state index in [9.17, 15) is 4.79 Å². The SMILES string of the molecule is CC(C)CCCOC(=O)CC(C)C1CCCNC1. The van der Waals surface area contributed by atoms with Crippen LogP contribution < -0.4 is 5.32 Å². The lowest BCUT2D eigenvalue weighted by Gasteiger charge is -2.27. The van der Waals surface area contributed by atoms with E-state index in [4.69, 9.17) is 4.74 Å². The van der Waals surface area contributed by atoms with Crippen LogP contribution in [-0.2, 0) is 9.53 Å². The fourth-order valence-corrected chi connectivity index (χ4v) is 2.53. The largest absolute Gasteiger partial charge is 0.466 e. The standard InChI is InChI=1S/C15H29NO2/c1-12(2)6-5-9-18-15(17)10-13(3)14-7-4-8-16-11-14/h12-14,16H,4-11H2,1-3H3. The Morgan fingerprint density at radius 3 is 2.78 bits per heavy atom. The molecule has 1 saturated heterocycles. The summed E-state index contributed by atoms with van der Waals surface area (Å²) in [6.45, 7) is 9.34. The van der Waals surface area contributed by atoms with Gasteiger partial charge in [-0.2, -0.15) is 0 Å². The first-order valence-electron chi connectivity index (χ1n) is 7.46. The molecule has 1 fully saturated rings. The van der Waals surface area contributed by atoms with Crippen LogP contribution >= 0.6 is 0 Å². The predicted molar refractivity (Wildman–Crippen MR) is 74.4 cm³/mol. The molecule has 3 heteroatoms. The van der Waals surface area contributed by atoms with Crippen LogP contribution in [0.3, 0.4) is 0 Å². The third-order valence-corrected chi connectivity index (χ3v) is 3.82. The van der Waals surface area contributed by atoms with Gasteiger partial charge < -0.3 is 10.1 Å². The van der Waals surface area contributed by atoms with Gasteiger partial charge in [-0.15, -0.1) is 0 Å². The van der Waals surface area contributed by atoms with Crippen LogP contribution in [0.4, 0.5) is 0 Å². The van der Waals surface area contributed by atoms with Gasteiger partial charge in [0.2, 0.25) is 0 Å². The average molecular weight is 255 g/mol. The quantitative estimate of drug-likeness (QED) is 0.561. The Bertz CT molecular complexity index is 235. The first kappa shape index (κ1) is 15.5. The summed E-state index contributed by atoms with van der Waals surface area (Å²) in [7, 11) is 0. The molecule has 1 aliphatic heterocycles. The van der Waals surface area contributed by atoms with Crippen molar-refractivity contribution in [2.75, 3.05) is 19.7 Å². The highest BCUT2D eigenvalue weighted by molar-refractivity contribution is 5.69. The minimum Gasteiger partial charge on any atom is -0.466 e. The van der Waals surface area contributed by atoms with Crippen LogP contribution in [0.25, 0.3) is 0 Å². The molecule has 106 valence electrons. The second-order valence-corrected chi connectivity index (χ2v) is 6.04. The highest BCUT2D eigenvalue weighted by Crippen LogP contribution is 2.22. The molecule has 0 amide bonds. The van der Waals surface area contributed by atoms with Gasteiger partial charge in [0.25, 0.3) is 0 Å². The van der Waals surface area contributed by atoms with Crippen molar-refractivity contribution in [2.24, 2.45) is 17.8 Å². The summed E-state index contributed by atoms with van der Waals surface area (Å²) >= 11 is 0. The van der Waals surface area contributed by atoms with Crippen LogP contribution in [0.2, 0.25) is 0 Å². The normalized spacial score (nSPS) is 21.9. The molecule has 1 rings (SSSR count). The maximum absolute atomic E-state index is 11.7. The molecule has 1 aliphatic rings. The minimum absolute atomic E-state index is 0.0168. The number of esters is 1. The van der Waals surface area contributed by atoms with Gasteiger partial charge in [0.1, 0.15) is 0 Å². The Labute approximate surface area is 112 Å². The van der Waals surface area contributed by atoms with E-state index in [1.807, 2.05) is 0 Å². The summed E-state index contributed by atoms with van der Waals surface area (Å²) in [5.41, 5.74) is 0. The van der Waals surface area contributed by atoms with Crippen molar-refractivity contribution in [1.82, 2.24) is 5.32 Å². The third-order valence-electron chi connectivity index (χ3n) is 3.82. The van der Waals surface area contributed by atoms with E-state index in [-0.39, 0.29) is 5.97 Å². The van der Waals surface area contributed by atoms with Crippen LogP contribution in [0.1, 0.15) is 52.9 Å². The first-order valence-corrected chi connectivity index (χ1v) is 7.46. The molecule has 1 N–H and O–H groups in total. The molecule has 0 radical (unpaired) electrons. The number of hydrogen-bond donors (Lipinski definition) is 1. The molecule has 18 heavy (non-hydrogen) atoms. The monoisotopic (exact) mass is 255 g/mol. The molecule has 2 unspecified atom stereocenters. The van der Waals surface area contributed by atoms with E-state index < -0.39 is 0 Å². The third kappa shape index (κ3) is 6.39. The highest BCUT2D eigenvalue weighted by Gasteiger charge is 2.22. The molecule has 0 aliphatic carbocycles. The fourth-order valence-electron chi connectivity index (χ4n) is 2.53. The van der Waals surface area contributed by atoms with E-state index in [0.29, 0.717) is 30.8 Å². The van der Waals surface area contributed by atoms with Crippen LogP contribution in [0.5, 0.6) is 0 Å². The minimum atomic E-state index is -0.0168. The van der Waals surface area contributed by atoms with Crippen LogP contribution in [-0.4, -0.2) is 25.7 Å². The maximum Gasteiger partial charge on any atom is 0.306 e. The number of ether oxygens (including phenoxy) is 1. The van der Waals surface area contributed by atoms with E-state index >= 15 is 0 Å². The molecule has 2 atom stereocenters. The molecule has 0 bridgehead atoms. The van der Waals surface area contributed by atoms with Gasteiger partial charge in [0.15, 0.2) is 0 Å². The zero-order valence-corrected chi connectivity index (χ0v) is 12.2. The van der Waals surface area contributed by atoms with Gasteiger partial charge in [-0.25, -0.2) is 0 Å². The number of carbonyl (C=O) groups is 1. The topological polar surface area (TPSA) is 38.3 Å². The Balaban J connectivity index is 2.10. The number of rotatable bonds is 7. The Morgan fingerprint density at radius 1 is 1.39 bits per heavy atom. The zero-order valence-electron chi connectivity index (χ0n) is 12.2. The molecule has 0 aromatic rings. The number of piperidine rings is 1. The average Bonchev–Trinajstić information content (AvgIpc) is 2.35. The fraction of sp³-hybridized carbons (Fsp3) is 0.933. The summed E-state index contributed by atoms with van der Waals surface area (Å²) in [5, 5.41) is 3.40. The molecule has 1 heterocycles. The smallest absolute Gasteiger partial charge is 0.306 e. The van der Waals surface area contributed by atoms with Crippen molar-refractivity contribution in [3.63, 3.8) is 0 Å². The van der Waals surface area contributed by atoms with Crippen molar-refractivity contribution in [2.45, 2.75) is 52.9 Å². The lowest BCUT2D eigenvalue weighted by atomic mass is 9.85. The molecular weight excluding hydrogens is 226 g/mol. The molecule has 0 aromatic carbocycles. The van der Waals surface area contributed by atoms with Crippen molar-refractivity contribution < 1.29 is 9.53 Å². The molecule has 0 spiro atoms. The van der Waals surface area contributed by atoms with Crippen molar-refractivity contribution in [3.05, 3.63) is 0 Å². The lowest BCUT2D eigenvalue weighted by Crippen LogP contribution is -2.34. The van der Waals surface area contributed by atoms with Crippen molar-refractivity contribution >= 4 is 5.97 Å². The van der Waals surface area contributed by atoms with Gasteiger partial charge in [-0.05, 0) is 56.5 Å². The summed E-state index contributed by atoms with van der Waals surface area (Å²) in [4.78, 5) is 11.7. The zero-order chi connectivity index (χ0) is 13.4. The molecule has 3 nitrogen and oxygen atoms in total. The number of nitrogens with one attached hydrogen (secondary N) is 1. The molecular formula is C15H29NO2. The van der Waals surface area contributed by atoms with E-state index in [0.717, 1.165) is 25.9 Å². The van der Waals surface area contributed by atoms with E-state index in [1.54, 1.807) is 0 Å². The second-order valence-electron chi connectivity index (χ2n) is 6.04. The highest BCUT2D eigenvalue weighted by atomic mass is 16.5. The van der Waals surface area contributed by atoms with E-state index in [1.165, 1.54) is 12.8 Å². The summed E-state index contributed by atoms with van der Waals surface area (Å²) < 4.78 is 5.29. The van der Waals surface area contributed by atoms with Crippen LogP contribution in [0.15, 0.2) is 0 Å². The van der Waals surface area contributed by atoms with Crippen LogP contribution in [0, 0.1) is 17.8 Å².